The van der Waals surface area contributed by atoms with Crippen LogP contribution in [0.1, 0.15) is 48.5 Å². The van der Waals surface area contributed by atoms with Gasteiger partial charge in [-0.1, -0.05) is 38.1 Å². The van der Waals surface area contributed by atoms with Gasteiger partial charge in [-0.2, -0.15) is 5.10 Å². The molecule has 21 heavy (non-hydrogen) atoms. The number of rotatable bonds is 4. The van der Waals surface area contributed by atoms with Crippen molar-refractivity contribution >= 4 is 12.1 Å². The predicted molar refractivity (Wildman–Crippen MR) is 85.3 cm³/mol. The Morgan fingerprint density at radius 2 is 2.00 bits per heavy atom. The molecule has 3 atom stereocenters. The molecule has 0 aliphatic heterocycles. The fourth-order valence-corrected chi connectivity index (χ4v) is 3.27. The molecular formula is C18H22N2O. The Kier molecular flexibility index (Phi) is 3.91. The SMILES string of the molecule is CC(C)c1ccc(C(=O)N/N=C/C2CC3C=CC2C3)cc1. The molecule has 3 rings (SSSR count). The summed E-state index contributed by atoms with van der Waals surface area (Å²) in [5, 5.41) is 4.15. The summed E-state index contributed by atoms with van der Waals surface area (Å²) in [6, 6.07) is 7.73. The number of allylic oxidation sites excluding steroid dienone is 2. The fourth-order valence-electron chi connectivity index (χ4n) is 3.27. The van der Waals surface area contributed by atoms with Crippen molar-refractivity contribution in [1.82, 2.24) is 5.43 Å². The van der Waals surface area contributed by atoms with Gasteiger partial charge >= 0.3 is 0 Å². The van der Waals surface area contributed by atoms with Crippen LogP contribution in [0.4, 0.5) is 0 Å². The number of nitrogens with zero attached hydrogens (tertiary/aromatic N) is 1. The summed E-state index contributed by atoms with van der Waals surface area (Å²) in [4.78, 5) is 12.0. The second kappa shape index (κ2) is 5.84. The Labute approximate surface area is 126 Å². The zero-order valence-corrected chi connectivity index (χ0v) is 12.6. The van der Waals surface area contributed by atoms with E-state index in [0.717, 1.165) is 5.92 Å². The maximum absolute atomic E-state index is 12.0. The van der Waals surface area contributed by atoms with E-state index >= 15 is 0 Å². The Hall–Kier alpha value is -1.90. The molecule has 2 aliphatic carbocycles. The van der Waals surface area contributed by atoms with Gasteiger partial charge in [0.1, 0.15) is 0 Å². The molecule has 0 heterocycles. The summed E-state index contributed by atoms with van der Waals surface area (Å²) in [6.45, 7) is 4.28. The first-order chi connectivity index (χ1) is 10.1. The summed E-state index contributed by atoms with van der Waals surface area (Å²) in [5.41, 5.74) is 4.54. The van der Waals surface area contributed by atoms with Crippen LogP contribution in [0, 0.1) is 17.8 Å². The van der Waals surface area contributed by atoms with Crippen LogP contribution in [-0.2, 0) is 0 Å². The highest BCUT2D eigenvalue weighted by Crippen LogP contribution is 2.42. The van der Waals surface area contributed by atoms with Crippen LogP contribution >= 0.6 is 0 Å². The van der Waals surface area contributed by atoms with E-state index in [0.29, 0.717) is 23.3 Å². The Bertz CT molecular complexity index is 571. The third-order valence-electron chi connectivity index (χ3n) is 4.60. The van der Waals surface area contributed by atoms with Crippen molar-refractivity contribution in [1.29, 1.82) is 0 Å². The first-order valence-corrected chi connectivity index (χ1v) is 7.75. The molecule has 3 heteroatoms. The minimum Gasteiger partial charge on any atom is -0.267 e. The molecule has 3 nitrogen and oxygen atoms in total. The molecule has 1 N–H and O–H groups in total. The number of fused-ring (bicyclic) bond motifs is 2. The standard InChI is InChI=1S/C18H22N2O/c1-12(2)14-5-7-15(8-6-14)18(21)20-19-11-17-10-13-3-4-16(17)9-13/h3-8,11-13,16-17H,9-10H2,1-2H3,(H,20,21)/b19-11+. The Morgan fingerprint density at radius 1 is 1.24 bits per heavy atom. The number of hydrogen-bond acceptors (Lipinski definition) is 2. The van der Waals surface area contributed by atoms with Crippen LogP contribution in [0.25, 0.3) is 0 Å². The number of nitrogens with one attached hydrogen (secondary N) is 1. The summed E-state index contributed by atoms with van der Waals surface area (Å²) >= 11 is 0. The Balaban J connectivity index is 1.55. The molecule has 2 aliphatic rings. The molecule has 0 saturated heterocycles. The largest absolute Gasteiger partial charge is 0.271 e. The van der Waals surface area contributed by atoms with Crippen molar-refractivity contribution in [2.75, 3.05) is 0 Å². The second-order valence-corrected chi connectivity index (χ2v) is 6.44. The molecule has 110 valence electrons. The average Bonchev–Trinajstić information content (AvgIpc) is 3.10. The van der Waals surface area contributed by atoms with E-state index in [1.54, 1.807) is 0 Å². The Morgan fingerprint density at radius 3 is 2.57 bits per heavy atom. The number of hydrazone groups is 1. The highest BCUT2D eigenvalue weighted by molar-refractivity contribution is 5.94. The number of carbonyl (C=O) groups is 1. The lowest BCUT2D eigenvalue weighted by molar-refractivity contribution is 0.0955. The van der Waals surface area contributed by atoms with Crippen LogP contribution in [0.5, 0.6) is 0 Å². The lowest BCUT2D eigenvalue weighted by Crippen LogP contribution is -2.19. The van der Waals surface area contributed by atoms with Crippen LogP contribution in [0.15, 0.2) is 41.5 Å². The van der Waals surface area contributed by atoms with Gasteiger partial charge in [-0.25, -0.2) is 5.43 Å². The van der Waals surface area contributed by atoms with Gasteiger partial charge in [0, 0.05) is 17.7 Å². The van der Waals surface area contributed by atoms with Crippen LogP contribution < -0.4 is 5.43 Å². The summed E-state index contributed by atoms with van der Waals surface area (Å²) in [6.07, 6.45) is 8.93. The molecule has 0 radical (unpaired) electrons. The van der Waals surface area contributed by atoms with Crippen molar-refractivity contribution in [2.45, 2.75) is 32.6 Å². The average molecular weight is 282 g/mol. The van der Waals surface area contributed by atoms with Gasteiger partial charge in [0.2, 0.25) is 0 Å². The molecule has 1 aromatic rings. The molecular weight excluding hydrogens is 260 g/mol. The minimum absolute atomic E-state index is 0.139. The van der Waals surface area contributed by atoms with Crippen molar-refractivity contribution in [3.8, 4) is 0 Å². The van der Waals surface area contributed by atoms with Gasteiger partial charge in [0.15, 0.2) is 0 Å². The minimum atomic E-state index is -0.139. The molecule has 0 aromatic heterocycles. The molecule has 1 fully saturated rings. The molecule has 0 spiro atoms. The van der Waals surface area contributed by atoms with E-state index in [4.69, 9.17) is 0 Å². The smallest absolute Gasteiger partial charge is 0.267 e. The maximum atomic E-state index is 12.0. The quantitative estimate of drug-likeness (QED) is 0.510. The van der Waals surface area contributed by atoms with Gasteiger partial charge in [0.05, 0.1) is 0 Å². The number of carbonyl (C=O) groups excluding carboxylic acids is 1. The monoisotopic (exact) mass is 282 g/mol. The second-order valence-electron chi connectivity index (χ2n) is 6.44. The summed E-state index contributed by atoms with van der Waals surface area (Å²) in [7, 11) is 0. The zero-order valence-electron chi connectivity index (χ0n) is 12.6. The van der Waals surface area contributed by atoms with E-state index in [9.17, 15) is 4.79 Å². The normalized spacial score (nSPS) is 26.9. The van der Waals surface area contributed by atoms with E-state index in [1.165, 1.54) is 18.4 Å². The van der Waals surface area contributed by atoms with Crippen molar-refractivity contribution in [3.63, 3.8) is 0 Å². The molecule has 1 aromatic carbocycles. The van der Waals surface area contributed by atoms with Gasteiger partial charge in [-0.15, -0.1) is 0 Å². The zero-order chi connectivity index (χ0) is 14.8. The van der Waals surface area contributed by atoms with Crippen LogP contribution in [0.2, 0.25) is 0 Å². The van der Waals surface area contributed by atoms with Crippen LogP contribution in [0.3, 0.4) is 0 Å². The van der Waals surface area contributed by atoms with Gasteiger partial charge in [-0.3, -0.25) is 4.79 Å². The van der Waals surface area contributed by atoms with Crippen molar-refractivity contribution < 1.29 is 4.79 Å². The van der Waals surface area contributed by atoms with Crippen LogP contribution in [-0.4, -0.2) is 12.1 Å². The summed E-state index contributed by atoms with van der Waals surface area (Å²) < 4.78 is 0. The lowest BCUT2D eigenvalue weighted by atomic mass is 9.95. The molecule has 1 saturated carbocycles. The summed E-state index contributed by atoms with van der Waals surface area (Å²) in [5.74, 6) is 2.18. The first-order valence-electron chi connectivity index (χ1n) is 7.75. The third kappa shape index (κ3) is 3.07. The fraction of sp³-hybridized carbons (Fsp3) is 0.444. The van der Waals surface area contributed by atoms with Crippen molar-refractivity contribution in [2.24, 2.45) is 22.9 Å². The van der Waals surface area contributed by atoms with E-state index in [2.05, 4.69) is 36.5 Å². The highest BCUT2D eigenvalue weighted by atomic mass is 16.2. The van der Waals surface area contributed by atoms with Gasteiger partial charge < -0.3 is 0 Å². The predicted octanol–water partition coefficient (Wildman–Crippen LogP) is 3.74. The molecule has 1 amide bonds. The maximum Gasteiger partial charge on any atom is 0.271 e. The van der Waals surface area contributed by atoms with E-state index in [-0.39, 0.29) is 5.91 Å². The first kappa shape index (κ1) is 14.1. The number of hydrogen-bond donors (Lipinski definition) is 1. The third-order valence-corrected chi connectivity index (χ3v) is 4.60. The molecule has 2 bridgehead atoms. The molecule has 3 unspecified atom stereocenters. The highest BCUT2D eigenvalue weighted by Gasteiger charge is 2.34. The topological polar surface area (TPSA) is 41.5 Å². The number of benzene rings is 1. The van der Waals surface area contributed by atoms with Gasteiger partial charge in [-0.05, 0) is 48.3 Å². The van der Waals surface area contributed by atoms with E-state index < -0.39 is 0 Å². The van der Waals surface area contributed by atoms with E-state index in [1.807, 2.05) is 30.5 Å². The number of amides is 1. The van der Waals surface area contributed by atoms with Gasteiger partial charge in [0.25, 0.3) is 5.91 Å². The van der Waals surface area contributed by atoms with Crippen molar-refractivity contribution in [3.05, 3.63) is 47.5 Å². The lowest BCUT2D eigenvalue weighted by Gasteiger charge is -2.12.